The van der Waals surface area contributed by atoms with E-state index in [0.717, 1.165) is 0 Å². The van der Waals surface area contributed by atoms with Crippen molar-refractivity contribution in [2.75, 3.05) is 5.75 Å². The molecule has 7 heteroatoms. The molecule has 0 spiro atoms. The van der Waals surface area contributed by atoms with Gasteiger partial charge in [0, 0.05) is 0 Å². The molecule has 0 unspecified atom stereocenters. The van der Waals surface area contributed by atoms with Crippen molar-refractivity contribution in [3.05, 3.63) is 0 Å². The minimum atomic E-state index is -3.93. The van der Waals surface area contributed by atoms with E-state index in [1.165, 1.54) is 6.92 Å². The van der Waals surface area contributed by atoms with Gasteiger partial charge in [-0.05, 0) is 6.92 Å². The van der Waals surface area contributed by atoms with Crippen molar-refractivity contribution < 1.29 is 13.0 Å². The molecule has 0 aromatic heterocycles. The third kappa shape index (κ3) is 12.3. The minimum absolute atomic E-state index is 0. The molecule has 0 aliphatic rings. The van der Waals surface area contributed by atoms with Gasteiger partial charge in [0.25, 0.3) is 10.1 Å². The van der Waals surface area contributed by atoms with E-state index in [4.69, 9.17) is 4.55 Å². The second-order valence-electron chi connectivity index (χ2n) is 1.94. The number of rotatable bonds is 2. The van der Waals surface area contributed by atoms with E-state index in [9.17, 15) is 8.42 Å². The standard InChI is InChI=1S/C3H8O3S3.Na.H/c1-3(7,8)2-9(4,5)6;;/h7-8H,2H2,1H3,(H,4,5,6);;. The van der Waals surface area contributed by atoms with Crippen molar-refractivity contribution in [2.45, 2.75) is 11.0 Å². The van der Waals surface area contributed by atoms with Gasteiger partial charge < -0.3 is 0 Å². The first-order chi connectivity index (χ1) is 3.71. The van der Waals surface area contributed by atoms with Crippen molar-refractivity contribution in [2.24, 2.45) is 0 Å². The summed E-state index contributed by atoms with van der Waals surface area (Å²) in [7, 11) is -3.93. The van der Waals surface area contributed by atoms with Gasteiger partial charge in [-0.1, -0.05) is 0 Å². The summed E-state index contributed by atoms with van der Waals surface area (Å²) < 4.78 is 27.5. The van der Waals surface area contributed by atoms with Crippen LogP contribution in [0.2, 0.25) is 0 Å². The zero-order valence-electron chi connectivity index (χ0n) is 4.77. The molecule has 0 heterocycles. The van der Waals surface area contributed by atoms with Crippen molar-refractivity contribution in [1.82, 2.24) is 0 Å². The molecule has 58 valence electrons. The Morgan fingerprint density at radius 1 is 1.50 bits per heavy atom. The van der Waals surface area contributed by atoms with Crippen molar-refractivity contribution in [3.8, 4) is 0 Å². The van der Waals surface area contributed by atoms with E-state index in [1.54, 1.807) is 0 Å². The van der Waals surface area contributed by atoms with Crippen LogP contribution in [0.4, 0.5) is 0 Å². The Kier molecular flexibility index (Phi) is 6.50. The molecule has 0 saturated carbocycles. The first-order valence-corrected chi connectivity index (χ1v) is 4.61. The monoisotopic (exact) mass is 212 g/mol. The van der Waals surface area contributed by atoms with Crippen molar-refractivity contribution >= 4 is 64.9 Å². The summed E-state index contributed by atoms with van der Waals surface area (Å²) in [4.78, 5) is 0. The SMILES string of the molecule is CC(S)(S)CS(=O)(=O)O.[NaH]. The number of hydrogen-bond acceptors (Lipinski definition) is 4. The maximum atomic E-state index is 10.1. The van der Waals surface area contributed by atoms with Crippen LogP contribution >= 0.6 is 25.3 Å². The van der Waals surface area contributed by atoms with Gasteiger partial charge in [0.15, 0.2) is 0 Å². The van der Waals surface area contributed by atoms with Gasteiger partial charge in [0.2, 0.25) is 0 Å². The fraction of sp³-hybridized carbons (Fsp3) is 1.00. The zero-order chi connectivity index (χ0) is 7.71. The van der Waals surface area contributed by atoms with Crippen molar-refractivity contribution in [3.63, 3.8) is 0 Å². The summed E-state index contributed by atoms with van der Waals surface area (Å²) in [6, 6.07) is 0. The van der Waals surface area contributed by atoms with Gasteiger partial charge in [-0.3, -0.25) is 4.55 Å². The van der Waals surface area contributed by atoms with Gasteiger partial charge in [-0.2, -0.15) is 33.7 Å². The third-order valence-electron chi connectivity index (χ3n) is 0.456. The van der Waals surface area contributed by atoms with Crippen LogP contribution in [-0.4, -0.2) is 52.4 Å². The summed E-state index contributed by atoms with van der Waals surface area (Å²) in [6.07, 6.45) is 0. The molecule has 0 saturated heterocycles. The second kappa shape index (κ2) is 4.59. The molecule has 10 heavy (non-hydrogen) atoms. The molecule has 0 rings (SSSR count). The van der Waals surface area contributed by atoms with Gasteiger partial charge >= 0.3 is 29.6 Å². The predicted octanol–water partition coefficient (Wildman–Crippen LogP) is -0.199. The van der Waals surface area contributed by atoms with E-state index in [-0.39, 0.29) is 29.6 Å². The van der Waals surface area contributed by atoms with Gasteiger partial charge in [-0.25, -0.2) is 0 Å². The molecule has 0 aromatic carbocycles. The van der Waals surface area contributed by atoms with Crippen LogP contribution in [0.25, 0.3) is 0 Å². The molecule has 0 aromatic rings. The normalized spacial score (nSPS) is 12.4. The first-order valence-electron chi connectivity index (χ1n) is 2.11. The van der Waals surface area contributed by atoms with E-state index >= 15 is 0 Å². The molecule has 3 nitrogen and oxygen atoms in total. The Morgan fingerprint density at radius 3 is 1.80 bits per heavy atom. The quantitative estimate of drug-likeness (QED) is 0.257. The van der Waals surface area contributed by atoms with Crippen molar-refractivity contribution in [1.29, 1.82) is 0 Å². The Morgan fingerprint density at radius 2 is 1.80 bits per heavy atom. The van der Waals surface area contributed by atoms with E-state index in [1.807, 2.05) is 0 Å². The zero-order valence-corrected chi connectivity index (χ0v) is 7.38. The topological polar surface area (TPSA) is 54.4 Å². The van der Waals surface area contributed by atoms with Crippen LogP contribution in [-0.2, 0) is 10.1 Å². The molecular weight excluding hydrogens is 203 g/mol. The van der Waals surface area contributed by atoms with Crippen LogP contribution in [0.15, 0.2) is 0 Å². The number of thiol groups is 2. The summed E-state index contributed by atoms with van der Waals surface area (Å²) in [5.74, 6) is -0.452. The first kappa shape index (κ1) is 14.2. The molecular formula is C3H9NaO3S3. The van der Waals surface area contributed by atoms with Gasteiger partial charge in [-0.15, -0.1) is 0 Å². The van der Waals surface area contributed by atoms with Crippen LogP contribution < -0.4 is 0 Å². The Labute approximate surface area is 93.8 Å². The number of hydrogen-bond donors (Lipinski definition) is 3. The molecule has 0 radical (unpaired) electrons. The molecule has 1 N–H and O–H groups in total. The van der Waals surface area contributed by atoms with Crippen LogP contribution in [0.3, 0.4) is 0 Å². The Balaban J connectivity index is 0. The molecule has 0 aliphatic heterocycles. The Hall–Kier alpha value is 1.61. The fourth-order valence-electron chi connectivity index (χ4n) is 0.346. The van der Waals surface area contributed by atoms with Crippen LogP contribution in [0.1, 0.15) is 6.92 Å². The van der Waals surface area contributed by atoms with E-state index < -0.39 is 20.0 Å². The van der Waals surface area contributed by atoms with Crippen LogP contribution in [0, 0.1) is 0 Å². The average Bonchev–Trinajstić information content (AvgIpc) is 1.14. The van der Waals surface area contributed by atoms with Gasteiger partial charge in [0.05, 0.1) is 9.83 Å². The maximum absolute atomic E-state index is 10.1. The second-order valence-corrected chi connectivity index (χ2v) is 5.72. The average molecular weight is 212 g/mol. The Bertz CT molecular complexity index is 180. The molecule has 0 bridgehead atoms. The molecule has 0 fully saturated rings. The molecule has 0 aliphatic carbocycles. The van der Waals surface area contributed by atoms with Gasteiger partial charge in [0.1, 0.15) is 0 Å². The fourth-order valence-corrected chi connectivity index (χ4v) is 2.02. The predicted molar refractivity (Wildman–Crippen MR) is 49.9 cm³/mol. The summed E-state index contributed by atoms with van der Waals surface area (Å²) >= 11 is 7.55. The molecule has 0 atom stereocenters. The summed E-state index contributed by atoms with van der Waals surface area (Å²) in [5.41, 5.74) is 0. The van der Waals surface area contributed by atoms with Crippen LogP contribution in [0.5, 0.6) is 0 Å². The third-order valence-corrected chi connectivity index (χ3v) is 2.14. The summed E-state index contributed by atoms with van der Waals surface area (Å²) in [5, 5.41) is 0. The van der Waals surface area contributed by atoms with E-state index in [0.29, 0.717) is 0 Å². The molecule has 0 amide bonds. The summed E-state index contributed by atoms with van der Waals surface area (Å²) in [6.45, 7) is 1.48. The van der Waals surface area contributed by atoms with E-state index in [2.05, 4.69) is 25.3 Å².